The third-order valence-electron chi connectivity index (χ3n) is 2.89. The maximum Gasteiger partial charge on any atom is 0.762 e. The van der Waals surface area contributed by atoms with Gasteiger partial charge in [-0.3, -0.25) is 22.5 Å². The first-order valence-corrected chi connectivity index (χ1v) is 6.77. The number of rotatable bonds is 0. The molecule has 0 saturated heterocycles. The predicted octanol–water partition coefficient (Wildman–Crippen LogP) is 0.134. The molecule has 24 heavy (non-hydrogen) atoms. The van der Waals surface area contributed by atoms with E-state index in [0.29, 0.717) is 0 Å². The minimum Gasteiger partial charge on any atom is -0.267 e. The van der Waals surface area contributed by atoms with Crippen LogP contribution in [0.3, 0.4) is 0 Å². The smallest absolute Gasteiger partial charge is 0.267 e. The van der Waals surface area contributed by atoms with E-state index in [4.69, 9.17) is 0 Å². The SMILES string of the molecule is FB(F)F.O=C1C=c2ccccc2=N1.O=C1C=c2ccccc2=N1. The van der Waals surface area contributed by atoms with E-state index in [2.05, 4.69) is 9.98 Å². The molecule has 0 bridgehead atoms. The molecule has 2 amide bonds. The molecular formula is C16H10BF3N2O2. The van der Waals surface area contributed by atoms with Gasteiger partial charge in [-0.15, -0.1) is 0 Å². The Balaban J connectivity index is 0.000000143. The van der Waals surface area contributed by atoms with E-state index in [1.807, 2.05) is 48.5 Å². The zero-order chi connectivity index (χ0) is 17.5. The number of para-hydroxylation sites is 2. The van der Waals surface area contributed by atoms with Crippen LogP contribution in [-0.2, 0) is 9.59 Å². The van der Waals surface area contributed by atoms with Crippen molar-refractivity contribution >= 4 is 31.5 Å². The lowest BCUT2D eigenvalue weighted by molar-refractivity contribution is -0.113. The normalized spacial score (nSPS) is 12.6. The average Bonchev–Trinajstić information content (AvgIpc) is 3.07. The van der Waals surface area contributed by atoms with Crippen molar-refractivity contribution in [2.75, 3.05) is 0 Å². The summed E-state index contributed by atoms with van der Waals surface area (Å²) >= 11 is 0. The van der Waals surface area contributed by atoms with E-state index >= 15 is 0 Å². The van der Waals surface area contributed by atoms with Crippen LogP contribution < -0.4 is 21.2 Å². The topological polar surface area (TPSA) is 58.9 Å². The van der Waals surface area contributed by atoms with Crippen molar-refractivity contribution in [1.82, 2.24) is 0 Å². The minimum absolute atomic E-state index is 0.152. The van der Waals surface area contributed by atoms with E-state index in [1.165, 1.54) is 12.2 Å². The molecule has 0 N–H and O–H groups in total. The molecule has 0 saturated carbocycles. The first kappa shape index (κ1) is 17.3. The minimum atomic E-state index is -3.67. The quantitative estimate of drug-likeness (QED) is 0.645. The molecule has 4 nitrogen and oxygen atoms in total. The summed E-state index contributed by atoms with van der Waals surface area (Å²) in [6.07, 6.45) is 3.07. The van der Waals surface area contributed by atoms with E-state index in [-0.39, 0.29) is 11.8 Å². The number of halogens is 3. The van der Waals surface area contributed by atoms with Crippen molar-refractivity contribution in [3.05, 3.63) is 69.7 Å². The van der Waals surface area contributed by atoms with Crippen LogP contribution in [0.15, 0.2) is 58.5 Å². The first-order chi connectivity index (χ1) is 11.5. The van der Waals surface area contributed by atoms with Crippen LogP contribution in [0.1, 0.15) is 0 Å². The van der Waals surface area contributed by atoms with Gasteiger partial charge in [0.1, 0.15) is 0 Å². The van der Waals surface area contributed by atoms with Gasteiger partial charge in [-0.05, 0) is 12.1 Å². The van der Waals surface area contributed by atoms with Gasteiger partial charge in [0.25, 0.3) is 11.8 Å². The molecular weight excluding hydrogens is 320 g/mol. The van der Waals surface area contributed by atoms with Gasteiger partial charge < -0.3 is 0 Å². The summed E-state index contributed by atoms with van der Waals surface area (Å²) in [5, 5.41) is 3.42. The Morgan fingerprint density at radius 2 is 1.00 bits per heavy atom. The molecule has 2 aliphatic heterocycles. The number of benzene rings is 2. The molecule has 2 aromatic carbocycles. The van der Waals surface area contributed by atoms with Crippen LogP contribution in [0.2, 0.25) is 0 Å². The maximum absolute atomic E-state index is 10.7. The van der Waals surface area contributed by atoms with Crippen molar-refractivity contribution < 1.29 is 22.5 Å². The number of hydrogen-bond acceptors (Lipinski definition) is 2. The zero-order valence-corrected chi connectivity index (χ0v) is 12.2. The number of carbonyl (C=O) groups is 2. The van der Waals surface area contributed by atoms with Gasteiger partial charge in [-0.1, -0.05) is 36.4 Å². The molecule has 0 spiro atoms. The highest BCUT2D eigenvalue weighted by Crippen LogP contribution is 1.83. The van der Waals surface area contributed by atoms with Gasteiger partial charge in [-0.2, -0.15) is 0 Å². The van der Waals surface area contributed by atoms with Crippen LogP contribution in [0.5, 0.6) is 0 Å². The molecule has 2 aliphatic rings. The molecule has 0 unspecified atom stereocenters. The second kappa shape index (κ2) is 8.00. The Labute approximate surface area is 134 Å². The van der Waals surface area contributed by atoms with Crippen LogP contribution >= 0.6 is 0 Å². The third-order valence-corrected chi connectivity index (χ3v) is 2.89. The molecule has 8 heteroatoms. The number of hydrogen-bond donors (Lipinski definition) is 0. The van der Waals surface area contributed by atoms with E-state index in [0.717, 1.165) is 21.2 Å². The predicted molar refractivity (Wildman–Crippen MR) is 82.5 cm³/mol. The van der Waals surface area contributed by atoms with Gasteiger partial charge in [0.05, 0.1) is 10.7 Å². The lowest BCUT2D eigenvalue weighted by Crippen LogP contribution is -2.19. The standard InChI is InChI=1S/2C8H5NO.BF3/c2*10-8-5-6-3-1-2-4-7(6)9-8;2-1(3)4/h2*1-5H;. The van der Waals surface area contributed by atoms with Crippen molar-refractivity contribution in [1.29, 1.82) is 0 Å². The van der Waals surface area contributed by atoms with Gasteiger partial charge in [0.15, 0.2) is 0 Å². The highest BCUT2D eigenvalue weighted by molar-refractivity contribution is 6.33. The molecule has 2 aromatic rings. The Morgan fingerprint density at radius 1 is 0.667 bits per heavy atom. The van der Waals surface area contributed by atoms with Crippen molar-refractivity contribution in [3.63, 3.8) is 0 Å². The summed E-state index contributed by atoms with van der Waals surface area (Å²) < 4.78 is 29.0. The van der Waals surface area contributed by atoms with Crippen molar-refractivity contribution in [2.45, 2.75) is 0 Å². The highest BCUT2D eigenvalue weighted by atomic mass is 19.4. The van der Waals surface area contributed by atoms with Crippen LogP contribution in [0.4, 0.5) is 12.9 Å². The number of carbonyl (C=O) groups excluding carboxylic acids is 2. The van der Waals surface area contributed by atoms with E-state index < -0.39 is 7.54 Å². The second-order valence-electron chi connectivity index (χ2n) is 4.55. The maximum atomic E-state index is 10.7. The Morgan fingerprint density at radius 3 is 1.33 bits per heavy atom. The molecule has 0 fully saturated rings. The lowest BCUT2D eigenvalue weighted by atomic mass is 10.3. The average molecular weight is 330 g/mol. The molecule has 0 aromatic heterocycles. The van der Waals surface area contributed by atoms with Crippen LogP contribution in [0.25, 0.3) is 12.2 Å². The fourth-order valence-electron chi connectivity index (χ4n) is 1.99. The molecule has 2 heterocycles. The first-order valence-electron chi connectivity index (χ1n) is 6.77. The Hall–Kier alpha value is -3.03. The van der Waals surface area contributed by atoms with Gasteiger partial charge >= 0.3 is 7.54 Å². The fraction of sp³-hybridized carbons (Fsp3) is 0. The summed E-state index contributed by atoms with van der Waals surface area (Å²) in [6.45, 7) is 0. The summed E-state index contributed by atoms with van der Waals surface area (Å²) in [7, 11) is -3.67. The molecule has 120 valence electrons. The number of fused-ring (bicyclic) bond motifs is 2. The van der Waals surface area contributed by atoms with E-state index in [1.54, 1.807) is 0 Å². The highest BCUT2D eigenvalue weighted by Gasteiger charge is 2.06. The van der Waals surface area contributed by atoms with Gasteiger partial charge in [0.2, 0.25) is 0 Å². The summed E-state index contributed by atoms with van der Waals surface area (Å²) in [4.78, 5) is 28.9. The lowest BCUT2D eigenvalue weighted by Gasteiger charge is -1.77. The molecule has 4 rings (SSSR count). The monoisotopic (exact) mass is 330 g/mol. The molecule has 0 aliphatic carbocycles. The summed E-state index contributed by atoms with van der Waals surface area (Å²) in [5.74, 6) is -0.303. The molecule has 0 radical (unpaired) electrons. The van der Waals surface area contributed by atoms with Gasteiger partial charge in [-0.25, -0.2) is 9.98 Å². The molecule has 0 atom stereocenters. The Kier molecular flexibility index (Phi) is 5.78. The van der Waals surface area contributed by atoms with Crippen molar-refractivity contribution in [3.8, 4) is 0 Å². The van der Waals surface area contributed by atoms with Gasteiger partial charge in [0, 0.05) is 22.6 Å². The van der Waals surface area contributed by atoms with E-state index in [9.17, 15) is 22.5 Å². The fourth-order valence-corrected chi connectivity index (χ4v) is 1.99. The Bertz CT molecular complexity index is 850. The van der Waals surface area contributed by atoms with Crippen LogP contribution in [-0.4, -0.2) is 19.4 Å². The third kappa shape index (κ3) is 5.01. The summed E-state index contributed by atoms with van der Waals surface area (Å²) in [5.41, 5.74) is 0. The second-order valence-corrected chi connectivity index (χ2v) is 4.55. The van der Waals surface area contributed by atoms with Crippen molar-refractivity contribution in [2.24, 2.45) is 9.98 Å². The van der Waals surface area contributed by atoms with Crippen LogP contribution in [0, 0.1) is 0 Å². The number of nitrogens with zero attached hydrogens (tertiary/aromatic N) is 2. The zero-order valence-electron chi connectivity index (χ0n) is 12.2. The largest absolute Gasteiger partial charge is 0.762 e. The summed E-state index contributed by atoms with van der Waals surface area (Å²) in [6, 6.07) is 14.9. The number of amides is 2.